The summed E-state index contributed by atoms with van der Waals surface area (Å²) in [6.45, 7) is 2.11. The van der Waals surface area contributed by atoms with Crippen molar-refractivity contribution in [3.63, 3.8) is 0 Å². The fourth-order valence-corrected chi connectivity index (χ4v) is 4.35. The lowest BCUT2D eigenvalue weighted by Crippen LogP contribution is -2.10. The molecule has 0 atom stereocenters. The third-order valence-electron chi connectivity index (χ3n) is 6.00. The van der Waals surface area contributed by atoms with E-state index >= 15 is 0 Å². The normalized spacial score (nSPS) is 12.7. The highest BCUT2D eigenvalue weighted by molar-refractivity contribution is 6.01. The standard InChI is InChI=1S/C25H22N4O2/c1-15-6-4-5-7-22(15)28(2)17-8-9-19-23(14-17)29(3)27-24(19)16-12-20-18(25(30)31)10-11-26-21(20)13-16/h4-11,13-14H,12H2,1-3H3,(H,30,31). The Bertz CT molecular complexity index is 1380. The summed E-state index contributed by atoms with van der Waals surface area (Å²) in [6, 6.07) is 16.2. The van der Waals surface area contributed by atoms with Crippen LogP contribution in [0.25, 0.3) is 22.6 Å². The summed E-state index contributed by atoms with van der Waals surface area (Å²) in [4.78, 5) is 18.1. The molecule has 6 nitrogen and oxygen atoms in total. The van der Waals surface area contributed by atoms with E-state index in [0.717, 1.165) is 39.1 Å². The molecule has 0 saturated heterocycles. The maximum Gasteiger partial charge on any atom is 0.336 e. The average Bonchev–Trinajstić information content (AvgIpc) is 3.34. The van der Waals surface area contributed by atoms with E-state index in [1.54, 1.807) is 12.3 Å². The summed E-state index contributed by atoms with van der Waals surface area (Å²) in [6.07, 6.45) is 4.02. The molecule has 0 amide bonds. The first-order valence-corrected chi connectivity index (χ1v) is 10.1. The zero-order valence-electron chi connectivity index (χ0n) is 17.6. The lowest BCUT2D eigenvalue weighted by molar-refractivity contribution is 0.0695. The second-order valence-corrected chi connectivity index (χ2v) is 7.89. The number of aromatic nitrogens is 3. The van der Waals surface area contributed by atoms with E-state index in [4.69, 9.17) is 5.10 Å². The Labute approximate surface area is 180 Å². The van der Waals surface area contributed by atoms with Crippen LogP contribution >= 0.6 is 0 Å². The molecule has 5 rings (SSSR count). The van der Waals surface area contributed by atoms with E-state index in [1.807, 2.05) is 29.9 Å². The number of fused-ring (bicyclic) bond motifs is 2. The number of nitrogens with zero attached hydrogens (tertiary/aromatic N) is 4. The van der Waals surface area contributed by atoms with Gasteiger partial charge in [0.15, 0.2) is 0 Å². The Balaban J connectivity index is 1.55. The number of allylic oxidation sites excluding steroid dienone is 1. The number of rotatable bonds is 4. The quantitative estimate of drug-likeness (QED) is 0.521. The summed E-state index contributed by atoms with van der Waals surface area (Å²) < 4.78 is 1.88. The van der Waals surface area contributed by atoms with Crippen molar-refractivity contribution in [1.82, 2.24) is 14.8 Å². The number of para-hydroxylation sites is 1. The molecule has 2 aromatic carbocycles. The molecule has 2 heterocycles. The van der Waals surface area contributed by atoms with Gasteiger partial charge in [0.25, 0.3) is 0 Å². The molecule has 0 unspecified atom stereocenters. The van der Waals surface area contributed by atoms with Crippen LogP contribution in [0.5, 0.6) is 0 Å². The average molecular weight is 410 g/mol. The Kier molecular flexibility index (Phi) is 4.36. The van der Waals surface area contributed by atoms with Gasteiger partial charge in [-0.1, -0.05) is 18.2 Å². The first-order valence-electron chi connectivity index (χ1n) is 10.1. The molecular formula is C25H22N4O2. The summed E-state index contributed by atoms with van der Waals surface area (Å²) in [5, 5.41) is 15.3. The van der Waals surface area contributed by atoms with Gasteiger partial charge in [-0.05, 0) is 60.0 Å². The second-order valence-electron chi connectivity index (χ2n) is 7.89. The number of aromatic carboxylic acids is 1. The molecule has 0 bridgehead atoms. The molecule has 0 fully saturated rings. The number of pyridine rings is 1. The number of carboxylic acids is 1. The Morgan fingerprint density at radius 2 is 1.97 bits per heavy atom. The van der Waals surface area contributed by atoms with Crippen molar-refractivity contribution in [3.8, 4) is 0 Å². The van der Waals surface area contributed by atoms with E-state index in [0.29, 0.717) is 17.7 Å². The molecule has 1 aliphatic carbocycles. The van der Waals surface area contributed by atoms with Crippen LogP contribution in [0.15, 0.2) is 54.7 Å². The van der Waals surface area contributed by atoms with E-state index < -0.39 is 5.97 Å². The molecule has 4 aromatic rings. The lowest BCUT2D eigenvalue weighted by Gasteiger charge is -2.21. The number of hydrogen-bond donors (Lipinski definition) is 1. The highest BCUT2D eigenvalue weighted by Crippen LogP contribution is 2.37. The van der Waals surface area contributed by atoms with Gasteiger partial charge in [-0.15, -0.1) is 0 Å². The van der Waals surface area contributed by atoms with Crippen molar-refractivity contribution in [1.29, 1.82) is 0 Å². The van der Waals surface area contributed by atoms with Gasteiger partial charge in [-0.25, -0.2) is 4.79 Å². The van der Waals surface area contributed by atoms with Crippen LogP contribution in [0, 0.1) is 6.92 Å². The summed E-state index contributed by atoms with van der Waals surface area (Å²) in [5.74, 6) is -0.928. The van der Waals surface area contributed by atoms with Gasteiger partial charge in [0.2, 0.25) is 0 Å². The minimum Gasteiger partial charge on any atom is -0.478 e. The Morgan fingerprint density at radius 3 is 2.74 bits per heavy atom. The zero-order valence-corrected chi connectivity index (χ0v) is 17.6. The molecule has 2 aromatic heterocycles. The van der Waals surface area contributed by atoms with Crippen LogP contribution in [0.4, 0.5) is 11.4 Å². The van der Waals surface area contributed by atoms with Crippen LogP contribution in [0.1, 0.15) is 32.9 Å². The van der Waals surface area contributed by atoms with Gasteiger partial charge in [-0.3, -0.25) is 9.67 Å². The molecule has 1 aliphatic rings. The van der Waals surface area contributed by atoms with Gasteiger partial charge in [0, 0.05) is 43.5 Å². The summed E-state index contributed by atoms with van der Waals surface area (Å²) >= 11 is 0. The number of carboxylic acid groups (broad SMARTS) is 1. The molecule has 154 valence electrons. The van der Waals surface area contributed by atoms with Crippen molar-refractivity contribution < 1.29 is 9.90 Å². The number of anilines is 2. The highest BCUT2D eigenvalue weighted by atomic mass is 16.4. The molecule has 1 N–H and O–H groups in total. The molecule has 0 radical (unpaired) electrons. The van der Waals surface area contributed by atoms with E-state index in [2.05, 4.69) is 54.2 Å². The van der Waals surface area contributed by atoms with Crippen LogP contribution in [0.2, 0.25) is 0 Å². The van der Waals surface area contributed by atoms with E-state index in [9.17, 15) is 9.90 Å². The van der Waals surface area contributed by atoms with Crippen LogP contribution in [-0.2, 0) is 13.5 Å². The van der Waals surface area contributed by atoms with Gasteiger partial charge < -0.3 is 10.0 Å². The third-order valence-corrected chi connectivity index (χ3v) is 6.00. The maximum absolute atomic E-state index is 11.6. The van der Waals surface area contributed by atoms with Gasteiger partial charge in [0.05, 0.1) is 22.5 Å². The van der Waals surface area contributed by atoms with Gasteiger partial charge in [-0.2, -0.15) is 5.10 Å². The fourth-order valence-electron chi connectivity index (χ4n) is 4.35. The predicted molar refractivity (Wildman–Crippen MR) is 123 cm³/mol. The van der Waals surface area contributed by atoms with Crippen molar-refractivity contribution in [2.75, 3.05) is 11.9 Å². The first-order chi connectivity index (χ1) is 14.9. The van der Waals surface area contributed by atoms with Crippen molar-refractivity contribution in [2.45, 2.75) is 13.3 Å². The summed E-state index contributed by atoms with van der Waals surface area (Å²) in [7, 11) is 4.00. The second kappa shape index (κ2) is 7.09. The SMILES string of the molecule is Cc1ccccc1N(C)c1ccc2c(C3=Cc4nccc(C(=O)O)c4C3)nn(C)c2c1. The minimum atomic E-state index is -0.928. The molecule has 31 heavy (non-hydrogen) atoms. The maximum atomic E-state index is 11.6. The van der Waals surface area contributed by atoms with Crippen molar-refractivity contribution in [3.05, 3.63) is 82.8 Å². The number of hydrogen-bond acceptors (Lipinski definition) is 4. The smallest absolute Gasteiger partial charge is 0.336 e. The van der Waals surface area contributed by atoms with Crippen LogP contribution < -0.4 is 4.90 Å². The van der Waals surface area contributed by atoms with E-state index in [-0.39, 0.29) is 0 Å². The van der Waals surface area contributed by atoms with Gasteiger partial charge >= 0.3 is 5.97 Å². The largest absolute Gasteiger partial charge is 0.478 e. The molecule has 6 heteroatoms. The minimum absolute atomic E-state index is 0.304. The van der Waals surface area contributed by atoms with E-state index in [1.165, 1.54) is 5.56 Å². The molecule has 0 saturated carbocycles. The monoisotopic (exact) mass is 410 g/mol. The zero-order chi connectivity index (χ0) is 21.7. The lowest BCUT2D eigenvalue weighted by atomic mass is 10.0. The topological polar surface area (TPSA) is 71.2 Å². The Morgan fingerprint density at radius 1 is 1.16 bits per heavy atom. The first kappa shape index (κ1) is 19.1. The van der Waals surface area contributed by atoms with Gasteiger partial charge in [0.1, 0.15) is 0 Å². The third kappa shape index (κ3) is 3.08. The number of carbonyl (C=O) groups is 1. The predicted octanol–water partition coefficient (Wildman–Crippen LogP) is 4.84. The molecular weight excluding hydrogens is 388 g/mol. The fraction of sp³-hybridized carbons (Fsp3) is 0.160. The molecule has 0 spiro atoms. The van der Waals surface area contributed by atoms with Crippen molar-refractivity contribution in [2.24, 2.45) is 7.05 Å². The van der Waals surface area contributed by atoms with Crippen molar-refractivity contribution >= 4 is 39.9 Å². The molecule has 0 aliphatic heterocycles. The number of aryl methyl sites for hydroxylation is 2. The summed E-state index contributed by atoms with van der Waals surface area (Å²) in [5.41, 5.74) is 8.10. The van der Waals surface area contributed by atoms with Crippen LogP contribution in [-0.4, -0.2) is 32.9 Å². The highest BCUT2D eigenvalue weighted by Gasteiger charge is 2.24. The van der Waals surface area contributed by atoms with Crippen LogP contribution in [0.3, 0.4) is 0 Å². The number of benzene rings is 2. The Hall–Kier alpha value is -3.93.